The van der Waals surface area contributed by atoms with Crippen LogP contribution in [0.4, 0.5) is 4.79 Å². The fraction of sp³-hybridized carbons (Fsp3) is 0.706. The lowest BCUT2D eigenvalue weighted by Crippen LogP contribution is -2.57. The van der Waals surface area contributed by atoms with Crippen LogP contribution >= 0.6 is 15.9 Å². The highest BCUT2D eigenvalue weighted by molar-refractivity contribution is 9.10. The van der Waals surface area contributed by atoms with Gasteiger partial charge in [0.25, 0.3) is 0 Å². The van der Waals surface area contributed by atoms with Crippen molar-refractivity contribution >= 4 is 22.0 Å². The predicted octanol–water partition coefficient (Wildman–Crippen LogP) is 3.94. The van der Waals surface area contributed by atoms with Gasteiger partial charge >= 0.3 is 6.09 Å². The van der Waals surface area contributed by atoms with Crippen molar-refractivity contribution in [2.24, 2.45) is 0 Å². The number of carbonyl (C=O) groups is 1. The molecule has 0 aliphatic carbocycles. The zero-order valence-corrected chi connectivity index (χ0v) is 16.0. The SMILES string of the molecule is CC(C)(C)OC(=O)N1[C@@H]2CCC[C@H]1CC(Oc1cncc(Br)n1)C2. The molecule has 0 saturated carbocycles. The monoisotopic (exact) mass is 397 g/mol. The third-order valence-electron chi connectivity index (χ3n) is 4.41. The minimum atomic E-state index is -0.468. The molecule has 0 radical (unpaired) electrons. The molecule has 2 aliphatic heterocycles. The quantitative estimate of drug-likeness (QED) is 0.755. The number of halogens is 1. The number of aromatic nitrogens is 2. The lowest BCUT2D eigenvalue weighted by Gasteiger charge is -2.48. The van der Waals surface area contributed by atoms with E-state index in [1.807, 2.05) is 25.7 Å². The molecule has 7 heteroatoms. The fourth-order valence-electron chi connectivity index (χ4n) is 3.59. The van der Waals surface area contributed by atoms with Gasteiger partial charge in [-0.25, -0.2) is 9.78 Å². The summed E-state index contributed by atoms with van der Waals surface area (Å²) in [5.74, 6) is 0.526. The summed E-state index contributed by atoms with van der Waals surface area (Å²) in [5, 5.41) is 0. The maximum atomic E-state index is 12.6. The van der Waals surface area contributed by atoms with Gasteiger partial charge in [0.05, 0.1) is 12.4 Å². The molecule has 1 aromatic heterocycles. The molecule has 3 atom stereocenters. The standard InChI is InChI=1S/C17H24BrN3O3/c1-17(2,3)24-16(22)21-11-5-4-6-12(21)8-13(7-11)23-15-10-19-9-14(18)20-15/h9-13H,4-8H2,1-3H3/t11-,12+,13?. The highest BCUT2D eigenvalue weighted by Gasteiger charge is 2.43. The van der Waals surface area contributed by atoms with Crippen molar-refractivity contribution in [3.8, 4) is 5.88 Å². The molecule has 1 unspecified atom stereocenters. The topological polar surface area (TPSA) is 64.5 Å². The number of carbonyl (C=O) groups excluding carboxylic acids is 1. The van der Waals surface area contributed by atoms with Gasteiger partial charge in [-0.3, -0.25) is 4.98 Å². The predicted molar refractivity (Wildman–Crippen MR) is 92.9 cm³/mol. The molecule has 2 aliphatic rings. The molecule has 1 amide bonds. The van der Waals surface area contributed by atoms with E-state index >= 15 is 0 Å². The molecule has 3 heterocycles. The van der Waals surface area contributed by atoms with Crippen LogP contribution in [0.2, 0.25) is 0 Å². The van der Waals surface area contributed by atoms with E-state index in [2.05, 4.69) is 25.9 Å². The maximum absolute atomic E-state index is 12.6. The third kappa shape index (κ3) is 4.18. The summed E-state index contributed by atoms with van der Waals surface area (Å²) >= 11 is 3.31. The zero-order valence-electron chi connectivity index (χ0n) is 14.4. The molecule has 1 aromatic rings. The Bertz CT molecular complexity index is 591. The molecule has 0 spiro atoms. The molecular weight excluding hydrogens is 374 g/mol. The average molecular weight is 398 g/mol. The molecule has 2 fully saturated rings. The molecule has 24 heavy (non-hydrogen) atoms. The first-order chi connectivity index (χ1) is 11.3. The van der Waals surface area contributed by atoms with Crippen molar-refractivity contribution in [2.45, 2.75) is 76.7 Å². The second-order valence-corrected chi connectivity index (χ2v) is 8.33. The maximum Gasteiger partial charge on any atom is 0.410 e. The van der Waals surface area contributed by atoms with Crippen LogP contribution in [0.1, 0.15) is 52.9 Å². The number of rotatable bonds is 2. The van der Waals surface area contributed by atoms with E-state index in [4.69, 9.17) is 9.47 Å². The minimum absolute atomic E-state index is 0.0580. The second-order valence-electron chi connectivity index (χ2n) is 7.52. The van der Waals surface area contributed by atoms with Crippen molar-refractivity contribution in [3.63, 3.8) is 0 Å². The van der Waals surface area contributed by atoms with Gasteiger partial charge < -0.3 is 14.4 Å². The fourth-order valence-corrected chi connectivity index (χ4v) is 3.89. The summed E-state index contributed by atoms with van der Waals surface area (Å²) in [6.07, 6.45) is 7.89. The molecule has 0 N–H and O–H groups in total. The van der Waals surface area contributed by atoms with Gasteiger partial charge in [-0.05, 0) is 56.0 Å². The number of hydrogen-bond acceptors (Lipinski definition) is 5. The van der Waals surface area contributed by atoms with Gasteiger partial charge in [-0.15, -0.1) is 0 Å². The highest BCUT2D eigenvalue weighted by atomic mass is 79.9. The van der Waals surface area contributed by atoms with Gasteiger partial charge in [-0.2, -0.15) is 0 Å². The van der Waals surface area contributed by atoms with Gasteiger partial charge in [0.15, 0.2) is 0 Å². The molecule has 6 nitrogen and oxygen atoms in total. The van der Waals surface area contributed by atoms with Crippen molar-refractivity contribution < 1.29 is 14.3 Å². The summed E-state index contributed by atoms with van der Waals surface area (Å²) in [7, 11) is 0. The summed E-state index contributed by atoms with van der Waals surface area (Å²) in [6, 6.07) is 0.356. The Kier molecular flexibility index (Phi) is 4.99. The Balaban J connectivity index is 1.68. The van der Waals surface area contributed by atoms with E-state index in [1.54, 1.807) is 12.4 Å². The van der Waals surface area contributed by atoms with Crippen LogP contribution < -0.4 is 4.74 Å². The Morgan fingerprint density at radius 1 is 1.25 bits per heavy atom. The van der Waals surface area contributed by atoms with E-state index < -0.39 is 5.60 Å². The van der Waals surface area contributed by atoms with E-state index in [0.29, 0.717) is 10.5 Å². The Hall–Kier alpha value is -1.37. The molecule has 3 rings (SSSR count). The Labute approximate surface area is 151 Å². The summed E-state index contributed by atoms with van der Waals surface area (Å²) in [5.41, 5.74) is -0.468. The summed E-state index contributed by atoms with van der Waals surface area (Å²) in [4.78, 5) is 22.9. The Morgan fingerprint density at radius 2 is 1.92 bits per heavy atom. The first-order valence-electron chi connectivity index (χ1n) is 8.47. The van der Waals surface area contributed by atoms with Gasteiger partial charge in [0.1, 0.15) is 16.3 Å². The summed E-state index contributed by atoms with van der Waals surface area (Å²) < 4.78 is 12.3. The summed E-state index contributed by atoms with van der Waals surface area (Å²) in [6.45, 7) is 5.72. The number of fused-ring (bicyclic) bond motifs is 2. The van der Waals surface area contributed by atoms with Crippen molar-refractivity contribution in [2.75, 3.05) is 0 Å². The number of hydrogen-bond donors (Lipinski definition) is 0. The van der Waals surface area contributed by atoms with E-state index in [9.17, 15) is 4.79 Å². The van der Waals surface area contributed by atoms with Gasteiger partial charge in [0, 0.05) is 24.9 Å². The molecular formula is C17H24BrN3O3. The van der Waals surface area contributed by atoms with E-state index in [-0.39, 0.29) is 24.3 Å². The molecule has 2 saturated heterocycles. The zero-order chi connectivity index (χ0) is 17.3. The number of amides is 1. The van der Waals surface area contributed by atoms with Crippen LogP contribution in [0.25, 0.3) is 0 Å². The second kappa shape index (κ2) is 6.86. The minimum Gasteiger partial charge on any atom is -0.473 e. The largest absolute Gasteiger partial charge is 0.473 e. The van der Waals surface area contributed by atoms with Gasteiger partial charge in [-0.1, -0.05) is 0 Å². The van der Waals surface area contributed by atoms with E-state index in [0.717, 1.165) is 32.1 Å². The van der Waals surface area contributed by atoms with Crippen LogP contribution in [-0.4, -0.2) is 44.7 Å². The third-order valence-corrected chi connectivity index (χ3v) is 4.79. The van der Waals surface area contributed by atoms with Crippen LogP contribution in [0, 0.1) is 0 Å². The Morgan fingerprint density at radius 3 is 2.50 bits per heavy atom. The number of piperidine rings is 2. The van der Waals surface area contributed by atoms with Crippen LogP contribution in [0.3, 0.4) is 0 Å². The smallest absolute Gasteiger partial charge is 0.410 e. The lowest BCUT2D eigenvalue weighted by atomic mass is 9.83. The number of ether oxygens (including phenoxy) is 2. The highest BCUT2D eigenvalue weighted by Crippen LogP contribution is 2.36. The first kappa shape index (κ1) is 17.5. The first-order valence-corrected chi connectivity index (χ1v) is 9.26. The normalized spacial score (nSPS) is 26.8. The van der Waals surface area contributed by atoms with Crippen molar-refractivity contribution in [1.82, 2.24) is 14.9 Å². The van der Waals surface area contributed by atoms with Crippen molar-refractivity contribution in [1.29, 1.82) is 0 Å². The van der Waals surface area contributed by atoms with Crippen LogP contribution in [0.5, 0.6) is 5.88 Å². The molecule has 132 valence electrons. The molecule has 0 aromatic carbocycles. The van der Waals surface area contributed by atoms with E-state index in [1.165, 1.54) is 0 Å². The van der Waals surface area contributed by atoms with Gasteiger partial charge in [0.2, 0.25) is 5.88 Å². The van der Waals surface area contributed by atoms with Crippen LogP contribution in [-0.2, 0) is 4.74 Å². The lowest BCUT2D eigenvalue weighted by molar-refractivity contribution is -0.0412. The van der Waals surface area contributed by atoms with Crippen molar-refractivity contribution in [3.05, 3.63) is 17.0 Å². The van der Waals surface area contributed by atoms with Crippen LogP contribution in [0.15, 0.2) is 17.0 Å². The average Bonchev–Trinajstić information content (AvgIpc) is 2.44. The molecule has 2 bridgehead atoms. The number of nitrogens with zero attached hydrogens (tertiary/aromatic N) is 3.